The third-order valence-corrected chi connectivity index (χ3v) is 4.35. The van der Waals surface area contributed by atoms with Crippen molar-refractivity contribution in [3.05, 3.63) is 34.4 Å². The van der Waals surface area contributed by atoms with Gasteiger partial charge in [0.15, 0.2) is 0 Å². The maximum Gasteiger partial charge on any atom is 0.0863 e. The van der Waals surface area contributed by atoms with Crippen molar-refractivity contribution in [2.75, 3.05) is 6.54 Å². The SMILES string of the molecule is Cc1cc(C)c(C(O)C2(CN)CCC2)c(C)c1. The molecule has 1 aromatic carbocycles. The second-order valence-corrected chi connectivity index (χ2v) is 5.63. The Labute approximate surface area is 104 Å². The highest BCUT2D eigenvalue weighted by Crippen LogP contribution is 2.50. The lowest BCUT2D eigenvalue weighted by atomic mass is 9.63. The third-order valence-electron chi connectivity index (χ3n) is 4.35. The standard InChI is InChI=1S/C15H23NO/c1-10-7-11(2)13(12(3)8-10)14(17)15(9-16)5-4-6-15/h7-8,14,17H,4-6,9,16H2,1-3H3. The Bertz CT molecular complexity index is 392. The summed E-state index contributed by atoms with van der Waals surface area (Å²) in [6.45, 7) is 6.85. The molecule has 0 aliphatic heterocycles. The molecule has 0 aromatic heterocycles. The zero-order chi connectivity index (χ0) is 12.6. The zero-order valence-corrected chi connectivity index (χ0v) is 11.1. The molecule has 3 N–H and O–H groups in total. The van der Waals surface area contributed by atoms with Crippen molar-refractivity contribution in [1.82, 2.24) is 0 Å². The average Bonchev–Trinajstić information content (AvgIpc) is 2.14. The molecule has 0 heterocycles. The van der Waals surface area contributed by atoms with Gasteiger partial charge in [0.25, 0.3) is 0 Å². The van der Waals surface area contributed by atoms with Crippen LogP contribution >= 0.6 is 0 Å². The van der Waals surface area contributed by atoms with Crippen LogP contribution in [0.5, 0.6) is 0 Å². The normalized spacial score (nSPS) is 19.8. The van der Waals surface area contributed by atoms with E-state index in [2.05, 4.69) is 32.9 Å². The Morgan fingerprint density at radius 3 is 2.12 bits per heavy atom. The molecule has 0 radical (unpaired) electrons. The summed E-state index contributed by atoms with van der Waals surface area (Å²) in [5.41, 5.74) is 10.5. The Morgan fingerprint density at radius 1 is 1.24 bits per heavy atom. The van der Waals surface area contributed by atoms with Crippen molar-refractivity contribution in [2.24, 2.45) is 11.1 Å². The lowest BCUT2D eigenvalue weighted by Crippen LogP contribution is -2.43. The van der Waals surface area contributed by atoms with Crippen LogP contribution in [0.4, 0.5) is 0 Å². The third kappa shape index (κ3) is 2.00. The summed E-state index contributed by atoms with van der Waals surface area (Å²) in [4.78, 5) is 0. The molecular formula is C15H23NO. The minimum absolute atomic E-state index is 0.0647. The van der Waals surface area contributed by atoms with E-state index in [1.165, 1.54) is 23.1 Å². The van der Waals surface area contributed by atoms with E-state index in [9.17, 15) is 5.11 Å². The lowest BCUT2D eigenvalue weighted by Gasteiger charge is -2.45. The maximum atomic E-state index is 10.7. The number of rotatable bonds is 3. The van der Waals surface area contributed by atoms with Gasteiger partial charge in [-0.05, 0) is 50.3 Å². The van der Waals surface area contributed by atoms with Gasteiger partial charge in [-0.25, -0.2) is 0 Å². The topological polar surface area (TPSA) is 46.2 Å². The molecular weight excluding hydrogens is 210 g/mol. The van der Waals surface area contributed by atoms with Crippen LogP contribution in [0.2, 0.25) is 0 Å². The van der Waals surface area contributed by atoms with Gasteiger partial charge in [-0.1, -0.05) is 24.1 Å². The second kappa shape index (κ2) is 4.43. The summed E-state index contributed by atoms with van der Waals surface area (Å²) in [6.07, 6.45) is 2.90. The molecule has 0 spiro atoms. The van der Waals surface area contributed by atoms with E-state index in [0.29, 0.717) is 6.54 Å². The minimum Gasteiger partial charge on any atom is -0.388 e. The van der Waals surface area contributed by atoms with Crippen LogP contribution in [0.15, 0.2) is 12.1 Å². The van der Waals surface area contributed by atoms with Gasteiger partial charge < -0.3 is 10.8 Å². The van der Waals surface area contributed by atoms with Crippen LogP contribution in [0.3, 0.4) is 0 Å². The van der Waals surface area contributed by atoms with Gasteiger partial charge in [0.1, 0.15) is 0 Å². The van der Waals surface area contributed by atoms with Crippen LogP contribution in [0, 0.1) is 26.2 Å². The van der Waals surface area contributed by atoms with Gasteiger partial charge in [0, 0.05) is 12.0 Å². The van der Waals surface area contributed by atoms with Crippen molar-refractivity contribution in [2.45, 2.75) is 46.1 Å². The number of aliphatic hydroxyl groups is 1. The number of aliphatic hydroxyl groups excluding tert-OH is 1. The first-order chi connectivity index (χ1) is 8.00. The molecule has 0 saturated heterocycles. The Hall–Kier alpha value is -0.860. The first-order valence-corrected chi connectivity index (χ1v) is 6.46. The predicted octanol–water partition coefficient (Wildman–Crippen LogP) is 2.77. The van der Waals surface area contributed by atoms with Crippen LogP contribution < -0.4 is 5.73 Å². The monoisotopic (exact) mass is 233 g/mol. The smallest absolute Gasteiger partial charge is 0.0863 e. The number of hydrogen-bond acceptors (Lipinski definition) is 2. The zero-order valence-electron chi connectivity index (χ0n) is 11.1. The minimum atomic E-state index is -0.401. The van der Waals surface area contributed by atoms with Gasteiger partial charge in [0.2, 0.25) is 0 Å². The first-order valence-electron chi connectivity index (χ1n) is 6.46. The maximum absolute atomic E-state index is 10.7. The molecule has 1 atom stereocenters. The van der Waals surface area contributed by atoms with E-state index in [1.807, 2.05) is 0 Å². The summed E-state index contributed by atoms with van der Waals surface area (Å²) in [5.74, 6) is 0. The molecule has 17 heavy (non-hydrogen) atoms. The average molecular weight is 233 g/mol. The summed E-state index contributed by atoms with van der Waals surface area (Å²) >= 11 is 0. The van der Waals surface area contributed by atoms with Crippen molar-refractivity contribution in [1.29, 1.82) is 0 Å². The molecule has 1 aliphatic carbocycles. The van der Waals surface area contributed by atoms with Crippen LogP contribution in [0.25, 0.3) is 0 Å². The molecule has 0 amide bonds. The van der Waals surface area contributed by atoms with Gasteiger partial charge >= 0.3 is 0 Å². The number of benzene rings is 1. The van der Waals surface area contributed by atoms with Gasteiger partial charge in [-0.3, -0.25) is 0 Å². The first kappa shape index (κ1) is 12.6. The van der Waals surface area contributed by atoms with Crippen molar-refractivity contribution >= 4 is 0 Å². The fraction of sp³-hybridized carbons (Fsp3) is 0.600. The van der Waals surface area contributed by atoms with Crippen molar-refractivity contribution in [3.8, 4) is 0 Å². The Kier molecular flexibility index (Phi) is 3.28. The number of nitrogens with two attached hydrogens (primary N) is 1. The molecule has 1 unspecified atom stereocenters. The highest BCUT2D eigenvalue weighted by Gasteiger charge is 2.43. The lowest BCUT2D eigenvalue weighted by molar-refractivity contribution is -0.0303. The molecule has 94 valence electrons. The Balaban J connectivity index is 2.40. The second-order valence-electron chi connectivity index (χ2n) is 5.63. The van der Waals surface area contributed by atoms with Crippen LogP contribution in [0.1, 0.15) is 47.6 Å². The van der Waals surface area contributed by atoms with Crippen molar-refractivity contribution in [3.63, 3.8) is 0 Å². The summed E-state index contributed by atoms with van der Waals surface area (Å²) in [5, 5.41) is 10.7. The fourth-order valence-electron chi connectivity index (χ4n) is 3.15. The van der Waals surface area contributed by atoms with Gasteiger partial charge in [0.05, 0.1) is 6.10 Å². The van der Waals surface area contributed by atoms with Crippen molar-refractivity contribution < 1.29 is 5.11 Å². The quantitative estimate of drug-likeness (QED) is 0.843. The summed E-state index contributed by atoms with van der Waals surface area (Å²) in [7, 11) is 0. The van der Waals surface area contributed by atoms with E-state index in [4.69, 9.17) is 5.73 Å². The van der Waals surface area contributed by atoms with Gasteiger partial charge in [-0.15, -0.1) is 0 Å². The predicted molar refractivity (Wildman–Crippen MR) is 71.0 cm³/mol. The molecule has 1 fully saturated rings. The molecule has 0 bridgehead atoms. The molecule has 2 rings (SSSR count). The number of hydrogen-bond donors (Lipinski definition) is 2. The summed E-state index contributed by atoms with van der Waals surface area (Å²) in [6, 6.07) is 4.29. The molecule has 1 saturated carbocycles. The van der Waals surface area contributed by atoms with E-state index in [1.54, 1.807) is 0 Å². The molecule has 1 aliphatic rings. The van der Waals surface area contributed by atoms with Crippen LogP contribution in [-0.2, 0) is 0 Å². The van der Waals surface area contributed by atoms with E-state index in [0.717, 1.165) is 18.4 Å². The van der Waals surface area contributed by atoms with E-state index >= 15 is 0 Å². The molecule has 1 aromatic rings. The Morgan fingerprint density at radius 2 is 1.76 bits per heavy atom. The van der Waals surface area contributed by atoms with Gasteiger partial charge in [-0.2, -0.15) is 0 Å². The van der Waals surface area contributed by atoms with E-state index < -0.39 is 6.10 Å². The largest absolute Gasteiger partial charge is 0.388 e. The highest BCUT2D eigenvalue weighted by molar-refractivity contribution is 5.40. The fourth-order valence-corrected chi connectivity index (χ4v) is 3.15. The summed E-state index contributed by atoms with van der Waals surface area (Å²) < 4.78 is 0. The van der Waals surface area contributed by atoms with E-state index in [-0.39, 0.29) is 5.41 Å². The van der Waals surface area contributed by atoms with Crippen LogP contribution in [-0.4, -0.2) is 11.7 Å². The number of aryl methyl sites for hydroxylation is 3. The molecule has 2 nitrogen and oxygen atoms in total. The highest BCUT2D eigenvalue weighted by atomic mass is 16.3. The molecule has 2 heteroatoms.